The van der Waals surface area contributed by atoms with E-state index in [9.17, 15) is 9.90 Å². The zero-order valence-corrected chi connectivity index (χ0v) is 10.2. The SMILES string of the molecule is O=C(C1CCc2ccccc2C1)N1C[C@H](O)CO1. The van der Waals surface area contributed by atoms with Crippen molar-refractivity contribution in [1.29, 1.82) is 0 Å². The van der Waals surface area contributed by atoms with Gasteiger partial charge in [-0.1, -0.05) is 24.3 Å². The van der Waals surface area contributed by atoms with Gasteiger partial charge in [0.15, 0.2) is 0 Å². The normalized spacial score (nSPS) is 27.1. The summed E-state index contributed by atoms with van der Waals surface area (Å²) in [5, 5.41) is 10.7. The summed E-state index contributed by atoms with van der Waals surface area (Å²) in [6.07, 6.45) is 2.06. The predicted octanol–water partition coefficient (Wildman–Crippen LogP) is 0.926. The number of rotatable bonds is 1. The van der Waals surface area contributed by atoms with Gasteiger partial charge in [-0.05, 0) is 30.4 Å². The van der Waals surface area contributed by atoms with E-state index < -0.39 is 6.10 Å². The Bertz CT molecular complexity index is 460. The highest BCUT2D eigenvalue weighted by molar-refractivity contribution is 5.78. The van der Waals surface area contributed by atoms with Gasteiger partial charge in [0, 0.05) is 5.92 Å². The molecule has 0 bridgehead atoms. The number of benzene rings is 1. The zero-order valence-electron chi connectivity index (χ0n) is 10.2. The molecular formula is C14H17NO3. The third kappa shape index (κ3) is 2.13. The van der Waals surface area contributed by atoms with Crippen molar-refractivity contribution >= 4 is 5.91 Å². The number of carbonyl (C=O) groups is 1. The van der Waals surface area contributed by atoms with Gasteiger partial charge >= 0.3 is 0 Å². The Labute approximate surface area is 106 Å². The molecule has 3 rings (SSSR count). The van der Waals surface area contributed by atoms with Crippen molar-refractivity contribution in [3.05, 3.63) is 35.4 Å². The van der Waals surface area contributed by atoms with Gasteiger partial charge in [0.1, 0.15) is 6.61 Å². The van der Waals surface area contributed by atoms with Crippen LogP contribution in [0.4, 0.5) is 0 Å². The first kappa shape index (κ1) is 11.7. The molecule has 4 heteroatoms. The molecule has 0 aromatic heterocycles. The van der Waals surface area contributed by atoms with Crippen molar-refractivity contribution in [3.8, 4) is 0 Å². The Hall–Kier alpha value is -1.39. The van der Waals surface area contributed by atoms with E-state index in [-0.39, 0.29) is 18.4 Å². The molecule has 0 spiro atoms. The third-order valence-corrected chi connectivity index (χ3v) is 3.74. The molecule has 1 unspecified atom stereocenters. The van der Waals surface area contributed by atoms with Gasteiger partial charge in [0.2, 0.25) is 5.91 Å². The molecule has 1 aromatic rings. The standard InChI is InChI=1S/C14H17NO3/c16-13-8-15(18-9-13)14(17)12-6-5-10-3-1-2-4-11(10)7-12/h1-4,12-13,16H,5-9H2/t12?,13-/m0/s1. The number of hydrogen-bond donors (Lipinski definition) is 1. The number of aryl methyl sites for hydroxylation is 1. The third-order valence-electron chi connectivity index (χ3n) is 3.74. The van der Waals surface area contributed by atoms with E-state index in [1.165, 1.54) is 16.2 Å². The second-order valence-corrected chi connectivity index (χ2v) is 5.06. The van der Waals surface area contributed by atoms with Crippen LogP contribution in [0.5, 0.6) is 0 Å². The highest BCUT2D eigenvalue weighted by Crippen LogP contribution is 2.27. The molecule has 18 heavy (non-hydrogen) atoms. The second kappa shape index (κ2) is 4.71. The van der Waals surface area contributed by atoms with Gasteiger partial charge < -0.3 is 5.11 Å². The molecule has 1 aliphatic carbocycles. The van der Waals surface area contributed by atoms with Crippen molar-refractivity contribution < 1.29 is 14.7 Å². The summed E-state index contributed by atoms with van der Waals surface area (Å²) in [7, 11) is 0. The Kier molecular flexibility index (Phi) is 3.06. The van der Waals surface area contributed by atoms with Gasteiger partial charge in [-0.25, -0.2) is 5.06 Å². The molecule has 1 aliphatic heterocycles. The number of nitrogens with zero attached hydrogens (tertiary/aromatic N) is 1. The van der Waals surface area contributed by atoms with E-state index in [0.29, 0.717) is 6.54 Å². The summed E-state index contributed by atoms with van der Waals surface area (Å²) < 4.78 is 0. The highest BCUT2D eigenvalue weighted by atomic mass is 16.7. The van der Waals surface area contributed by atoms with Crippen molar-refractivity contribution in [3.63, 3.8) is 0 Å². The molecule has 1 heterocycles. The largest absolute Gasteiger partial charge is 0.389 e. The van der Waals surface area contributed by atoms with Crippen LogP contribution in [0.25, 0.3) is 0 Å². The molecule has 4 nitrogen and oxygen atoms in total. The van der Waals surface area contributed by atoms with E-state index in [1.54, 1.807) is 0 Å². The fourth-order valence-electron chi connectivity index (χ4n) is 2.74. The Balaban J connectivity index is 1.70. The van der Waals surface area contributed by atoms with Crippen LogP contribution in [0.3, 0.4) is 0 Å². The van der Waals surface area contributed by atoms with Crippen LogP contribution in [0, 0.1) is 5.92 Å². The number of β-amino-alcohol motifs (C(OH)–C–C–N with tert-alkyl or cyclic N) is 1. The highest BCUT2D eigenvalue weighted by Gasteiger charge is 2.33. The number of fused-ring (bicyclic) bond motifs is 1. The van der Waals surface area contributed by atoms with Gasteiger partial charge in [0.25, 0.3) is 0 Å². The van der Waals surface area contributed by atoms with Crippen LogP contribution in [0.15, 0.2) is 24.3 Å². The van der Waals surface area contributed by atoms with Gasteiger partial charge in [0.05, 0.1) is 12.6 Å². The maximum atomic E-state index is 12.2. The molecule has 0 saturated carbocycles. The fraction of sp³-hybridized carbons (Fsp3) is 0.500. The summed E-state index contributed by atoms with van der Waals surface area (Å²) in [6, 6.07) is 8.28. The van der Waals surface area contributed by atoms with Gasteiger partial charge in [-0.2, -0.15) is 0 Å². The zero-order chi connectivity index (χ0) is 12.5. The second-order valence-electron chi connectivity index (χ2n) is 5.06. The van der Waals surface area contributed by atoms with E-state index >= 15 is 0 Å². The maximum absolute atomic E-state index is 12.2. The molecule has 1 amide bonds. The van der Waals surface area contributed by atoms with Crippen molar-refractivity contribution in [1.82, 2.24) is 5.06 Å². The summed E-state index contributed by atoms with van der Waals surface area (Å²) in [6.45, 7) is 0.534. The van der Waals surface area contributed by atoms with Crippen LogP contribution >= 0.6 is 0 Å². The number of carbonyl (C=O) groups excluding carboxylic acids is 1. The molecule has 2 atom stereocenters. The maximum Gasteiger partial charge on any atom is 0.249 e. The van der Waals surface area contributed by atoms with Crippen LogP contribution in [0.1, 0.15) is 17.5 Å². The molecule has 0 radical (unpaired) electrons. The molecule has 96 valence electrons. The quantitative estimate of drug-likeness (QED) is 0.803. The lowest BCUT2D eigenvalue weighted by atomic mass is 9.83. The monoisotopic (exact) mass is 247 g/mol. The molecule has 1 fully saturated rings. The summed E-state index contributed by atoms with van der Waals surface area (Å²) in [5.74, 6) is 0.00579. The molecule has 1 saturated heterocycles. The smallest absolute Gasteiger partial charge is 0.249 e. The predicted molar refractivity (Wildman–Crippen MR) is 65.6 cm³/mol. The lowest BCUT2D eigenvalue weighted by Gasteiger charge is -2.26. The fourth-order valence-corrected chi connectivity index (χ4v) is 2.74. The molecule has 1 N–H and O–H groups in total. The average Bonchev–Trinajstić information content (AvgIpc) is 2.84. The number of aliphatic hydroxyl groups is 1. The van der Waals surface area contributed by atoms with Crippen molar-refractivity contribution in [2.45, 2.75) is 25.4 Å². The molecule has 1 aromatic carbocycles. The van der Waals surface area contributed by atoms with Crippen molar-refractivity contribution in [2.24, 2.45) is 5.92 Å². The Morgan fingerprint density at radius 2 is 2.11 bits per heavy atom. The van der Waals surface area contributed by atoms with E-state index in [0.717, 1.165) is 19.3 Å². The number of hydrogen-bond acceptors (Lipinski definition) is 3. The number of aliphatic hydroxyl groups excluding tert-OH is 1. The van der Waals surface area contributed by atoms with E-state index in [2.05, 4.69) is 12.1 Å². The lowest BCUT2D eigenvalue weighted by Crippen LogP contribution is -2.36. The Morgan fingerprint density at radius 1 is 1.33 bits per heavy atom. The molecule has 2 aliphatic rings. The van der Waals surface area contributed by atoms with E-state index in [1.807, 2.05) is 12.1 Å². The van der Waals surface area contributed by atoms with Crippen molar-refractivity contribution in [2.75, 3.05) is 13.2 Å². The van der Waals surface area contributed by atoms with E-state index in [4.69, 9.17) is 4.84 Å². The Morgan fingerprint density at radius 3 is 2.83 bits per heavy atom. The van der Waals surface area contributed by atoms with Gasteiger partial charge in [-0.3, -0.25) is 9.63 Å². The summed E-state index contributed by atoms with van der Waals surface area (Å²) in [4.78, 5) is 17.4. The van der Waals surface area contributed by atoms with Crippen LogP contribution in [-0.4, -0.2) is 35.3 Å². The topological polar surface area (TPSA) is 49.8 Å². The first-order valence-corrected chi connectivity index (χ1v) is 6.43. The average molecular weight is 247 g/mol. The van der Waals surface area contributed by atoms with Crippen LogP contribution in [-0.2, 0) is 22.5 Å². The lowest BCUT2D eigenvalue weighted by molar-refractivity contribution is -0.173. The number of amides is 1. The van der Waals surface area contributed by atoms with Gasteiger partial charge in [-0.15, -0.1) is 0 Å². The minimum absolute atomic E-state index is 0.00907. The first-order valence-electron chi connectivity index (χ1n) is 6.43. The molecular weight excluding hydrogens is 230 g/mol. The van der Waals surface area contributed by atoms with Crippen LogP contribution in [0.2, 0.25) is 0 Å². The summed E-state index contributed by atoms with van der Waals surface area (Å²) >= 11 is 0. The minimum atomic E-state index is -0.537. The summed E-state index contributed by atoms with van der Waals surface area (Å²) in [5.41, 5.74) is 2.62. The van der Waals surface area contributed by atoms with Crippen LogP contribution < -0.4 is 0 Å². The first-order chi connectivity index (χ1) is 8.74. The minimum Gasteiger partial charge on any atom is -0.389 e. The number of hydroxylamine groups is 2.